The quantitative estimate of drug-likeness (QED) is 0.0361. The van der Waals surface area contributed by atoms with Crippen LogP contribution in [0.1, 0.15) is 27.1 Å². The Morgan fingerprint density at radius 2 is 1.73 bits per heavy atom. The molecule has 1 fully saturated rings. The van der Waals surface area contributed by atoms with Crippen molar-refractivity contribution < 1.29 is 28.8 Å². The molecular formula is C32H25Cl2N5O6S4. The molecule has 0 radical (unpaired) electrons. The summed E-state index contributed by atoms with van der Waals surface area (Å²) < 4.78 is 6.95. The molecule has 49 heavy (non-hydrogen) atoms. The first-order valence-electron chi connectivity index (χ1n) is 14.5. The number of fused-ring (bicyclic) bond motifs is 1. The number of thiophene rings is 1. The number of aromatic nitrogens is 2. The predicted octanol–water partition coefficient (Wildman–Crippen LogP) is 5.74. The van der Waals surface area contributed by atoms with Crippen LogP contribution in [0.5, 0.6) is 0 Å². The Kier molecular flexibility index (Phi) is 11.4. The van der Waals surface area contributed by atoms with Crippen molar-refractivity contribution in [3.05, 3.63) is 110 Å². The van der Waals surface area contributed by atoms with E-state index in [4.69, 9.17) is 32.8 Å². The number of benzene rings is 2. The first kappa shape index (κ1) is 35.1. The van der Waals surface area contributed by atoms with E-state index in [0.717, 1.165) is 20.5 Å². The van der Waals surface area contributed by atoms with Crippen LogP contribution in [0.3, 0.4) is 0 Å². The molecule has 0 aliphatic carbocycles. The van der Waals surface area contributed by atoms with E-state index >= 15 is 0 Å². The van der Waals surface area contributed by atoms with Gasteiger partial charge in [0, 0.05) is 11.5 Å². The van der Waals surface area contributed by atoms with E-state index in [1.165, 1.54) is 51.1 Å². The van der Waals surface area contributed by atoms with Gasteiger partial charge in [-0.05, 0) is 35.1 Å². The Morgan fingerprint density at radius 3 is 2.33 bits per heavy atom. The van der Waals surface area contributed by atoms with Gasteiger partial charge in [0.1, 0.15) is 22.1 Å². The summed E-state index contributed by atoms with van der Waals surface area (Å²) in [5.41, 5.74) is 2.10. The van der Waals surface area contributed by atoms with Crippen LogP contribution in [0, 0.1) is 6.92 Å². The maximum absolute atomic E-state index is 14.2. The van der Waals surface area contributed by atoms with Gasteiger partial charge < -0.3 is 14.9 Å². The van der Waals surface area contributed by atoms with E-state index in [9.17, 15) is 19.2 Å². The number of oxime groups is 1. The lowest BCUT2D eigenvalue weighted by atomic mass is 10.0. The highest BCUT2D eigenvalue weighted by Crippen LogP contribution is 2.43. The molecule has 2 amide bonds. The number of nitrogens with zero attached hydrogens (tertiary/aromatic N) is 4. The third-order valence-electron chi connectivity index (χ3n) is 7.21. The number of halogens is 2. The van der Waals surface area contributed by atoms with Gasteiger partial charge in [-0.3, -0.25) is 14.5 Å². The Bertz CT molecular complexity index is 1870. The maximum Gasteiger partial charge on any atom is 0.367 e. The van der Waals surface area contributed by atoms with Gasteiger partial charge in [-0.2, -0.15) is 0 Å². The van der Waals surface area contributed by atoms with Gasteiger partial charge in [-0.25, -0.2) is 9.59 Å². The Morgan fingerprint density at radius 1 is 1.04 bits per heavy atom. The minimum Gasteiger partial charge on any atom is -0.448 e. The number of hydrogen-bond acceptors (Lipinski definition) is 13. The van der Waals surface area contributed by atoms with Gasteiger partial charge >= 0.3 is 11.9 Å². The number of ether oxygens (including phenoxy) is 1. The maximum atomic E-state index is 14.2. The average molecular weight is 775 g/mol. The number of hydrogen-bond donors (Lipinski definition) is 1. The van der Waals surface area contributed by atoms with Crippen molar-refractivity contribution in [3.63, 3.8) is 0 Å². The van der Waals surface area contributed by atoms with Crippen LogP contribution in [-0.2, 0) is 28.8 Å². The van der Waals surface area contributed by atoms with Gasteiger partial charge in [-0.15, -0.1) is 33.3 Å². The number of rotatable bonds is 12. The molecule has 4 heterocycles. The number of esters is 1. The summed E-state index contributed by atoms with van der Waals surface area (Å²) in [6.45, 7) is 1.86. The van der Waals surface area contributed by atoms with Crippen molar-refractivity contribution in [3.8, 4) is 0 Å². The molecule has 2 aromatic heterocycles. The number of thioether (sulfide) groups is 2. The monoisotopic (exact) mass is 773 g/mol. The molecule has 17 heteroatoms. The van der Waals surface area contributed by atoms with E-state index in [1.54, 1.807) is 17.5 Å². The minimum absolute atomic E-state index is 0.126. The first-order valence-corrected chi connectivity index (χ1v) is 19.1. The van der Waals surface area contributed by atoms with Crippen molar-refractivity contribution in [1.29, 1.82) is 0 Å². The smallest absolute Gasteiger partial charge is 0.367 e. The third-order valence-corrected chi connectivity index (χ3v) is 11.8. The number of carbonyl (C=O) groups excluding carboxylic acids is 4. The largest absolute Gasteiger partial charge is 0.448 e. The highest BCUT2D eigenvalue weighted by atomic mass is 35.5. The van der Waals surface area contributed by atoms with Gasteiger partial charge in [0.25, 0.3) is 11.8 Å². The van der Waals surface area contributed by atoms with Crippen LogP contribution in [0.15, 0.2) is 98.9 Å². The normalized spacial score (nSPS) is 17.5. The molecule has 0 bridgehead atoms. The van der Waals surface area contributed by atoms with Crippen LogP contribution in [0.4, 0.5) is 0 Å². The summed E-state index contributed by atoms with van der Waals surface area (Å²) in [4.78, 5) is 58.4. The second kappa shape index (κ2) is 15.9. The third kappa shape index (κ3) is 8.03. The molecule has 252 valence electrons. The number of β-lactam (4-membered cyclic amide) rings is 1. The molecule has 0 unspecified atom stereocenters. The molecule has 1 N–H and O–H groups in total. The Hall–Kier alpha value is -3.73. The highest BCUT2D eigenvalue weighted by molar-refractivity contribution is 8.01. The van der Waals surface area contributed by atoms with Crippen LogP contribution in [-0.4, -0.2) is 72.3 Å². The van der Waals surface area contributed by atoms with Crippen LogP contribution in [0.25, 0.3) is 0 Å². The lowest BCUT2D eigenvalue weighted by Crippen LogP contribution is -2.71. The van der Waals surface area contributed by atoms with Crippen molar-refractivity contribution in [2.24, 2.45) is 5.16 Å². The SMILES string of the molecule is Cc1nnc(SCC2=C(C(=O)OC(c3ccccc3)c3ccccc3)N3C(=O)[C@@H](NC(=O)/C(=N/OC(=O)C(Cl)Cl)c4cccs4)[C@H]3SC2)s1. The van der Waals surface area contributed by atoms with Crippen LogP contribution in [0.2, 0.25) is 0 Å². The van der Waals surface area contributed by atoms with Gasteiger partial charge in [-0.1, -0.05) is 118 Å². The lowest BCUT2D eigenvalue weighted by Gasteiger charge is -2.49. The molecule has 2 atom stereocenters. The molecule has 4 aromatic rings. The summed E-state index contributed by atoms with van der Waals surface area (Å²) >= 11 is 16.5. The zero-order valence-corrected chi connectivity index (χ0v) is 30.1. The van der Waals surface area contributed by atoms with E-state index in [0.29, 0.717) is 22.0 Å². The van der Waals surface area contributed by atoms with Gasteiger partial charge in [0.2, 0.25) is 4.84 Å². The summed E-state index contributed by atoms with van der Waals surface area (Å²) in [6, 6.07) is 21.0. The predicted molar refractivity (Wildman–Crippen MR) is 191 cm³/mol. The summed E-state index contributed by atoms with van der Waals surface area (Å²) in [5, 5.41) is 16.6. The van der Waals surface area contributed by atoms with Crippen molar-refractivity contribution in [1.82, 2.24) is 20.4 Å². The summed E-state index contributed by atoms with van der Waals surface area (Å²) in [7, 11) is 0. The molecule has 0 spiro atoms. The molecular weight excluding hydrogens is 750 g/mol. The standard InChI is InChI=1S/C32H25Cl2N5O6S4/c1-17-36-37-32(49-17)48-16-20-15-47-29-23(35-27(40)22(21-13-8-14-46-21)38-45-31(43)26(33)34)28(41)39(29)24(20)30(42)44-25(18-9-4-2-5-10-18)19-11-6-3-7-12-19/h2-14,23,25-26,29H,15-16H2,1H3,(H,35,40)/b38-22+/t23-,29-/m1/s1. The summed E-state index contributed by atoms with van der Waals surface area (Å²) in [5.74, 6) is -2.26. The average Bonchev–Trinajstić information content (AvgIpc) is 3.81. The minimum atomic E-state index is -1.51. The summed E-state index contributed by atoms with van der Waals surface area (Å²) in [6.07, 6.45) is -0.741. The second-order valence-corrected chi connectivity index (χ2v) is 16.0. The first-order chi connectivity index (χ1) is 23.7. The van der Waals surface area contributed by atoms with Gasteiger partial charge in [0.15, 0.2) is 16.2 Å². The molecule has 11 nitrogen and oxygen atoms in total. The van der Waals surface area contributed by atoms with Crippen molar-refractivity contribution >= 4 is 98.9 Å². The lowest BCUT2D eigenvalue weighted by molar-refractivity contribution is -0.154. The van der Waals surface area contributed by atoms with E-state index in [-0.39, 0.29) is 11.4 Å². The molecule has 2 aliphatic rings. The topological polar surface area (TPSA) is 140 Å². The van der Waals surface area contributed by atoms with Crippen LogP contribution < -0.4 is 5.32 Å². The fourth-order valence-electron chi connectivity index (χ4n) is 4.97. The number of alkyl halides is 2. The fourth-order valence-corrected chi connectivity index (χ4v) is 9.05. The number of nitrogens with one attached hydrogen (secondary N) is 1. The zero-order chi connectivity index (χ0) is 34.5. The number of aryl methyl sites for hydroxylation is 1. The van der Waals surface area contributed by atoms with Crippen molar-refractivity contribution in [2.75, 3.05) is 11.5 Å². The molecule has 6 rings (SSSR count). The fraction of sp³-hybridized carbons (Fsp3) is 0.219. The number of carbonyl (C=O) groups is 4. The molecule has 0 saturated carbocycles. The van der Waals surface area contributed by atoms with E-state index < -0.39 is 46.1 Å². The van der Waals surface area contributed by atoms with Crippen LogP contribution >= 0.6 is 69.4 Å². The van der Waals surface area contributed by atoms with E-state index in [2.05, 4.69) is 20.7 Å². The Balaban J connectivity index is 1.27. The molecule has 2 aliphatic heterocycles. The number of amides is 2. The van der Waals surface area contributed by atoms with Crippen molar-refractivity contribution in [2.45, 2.75) is 33.6 Å². The molecule has 2 aromatic carbocycles. The molecule has 1 saturated heterocycles. The Labute approximate surface area is 307 Å². The van der Waals surface area contributed by atoms with E-state index in [1.807, 2.05) is 67.6 Å². The zero-order valence-electron chi connectivity index (χ0n) is 25.4. The highest BCUT2D eigenvalue weighted by Gasteiger charge is 2.55. The van der Waals surface area contributed by atoms with Gasteiger partial charge in [0.05, 0.1) is 4.88 Å². The second-order valence-electron chi connectivity index (χ2n) is 10.4.